The quantitative estimate of drug-likeness (QED) is 0.605. The van der Waals surface area contributed by atoms with Gasteiger partial charge in [0.05, 0.1) is 5.75 Å². The number of nitrogens with one attached hydrogen (secondary N) is 1. The van der Waals surface area contributed by atoms with Crippen molar-refractivity contribution in [1.29, 1.82) is 0 Å². The fourth-order valence-corrected chi connectivity index (χ4v) is 3.41. The molecule has 0 radical (unpaired) electrons. The standard InChI is InChI=1S/C21H23FN4OS/c1-14(2)17-6-8-18(9-7-17)26-13-24-25-21(26)28-12-20(27)23-11-16-5-4-15(3)19(22)10-16/h4-10,13-14H,11-12H2,1-3H3,(H,23,27). The fourth-order valence-electron chi connectivity index (χ4n) is 2.65. The van der Waals surface area contributed by atoms with Gasteiger partial charge in [-0.1, -0.05) is 49.9 Å². The van der Waals surface area contributed by atoms with Crippen molar-refractivity contribution in [1.82, 2.24) is 20.1 Å². The number of carbonyl (C=O) groups is 1. The van der Waals surface area contributed by atoms with E-state index < -0.39 is 0 Å². The molecular formula is C21H23FN4OS. The summed E-state index contributed by atoms with van der Waals surface area (Å²) < 4.78 is 15.4. The molecule has 146 valence electrons. The Morgan fingerprint density at radius 3 is 2.64 bits per heavy atom. The zero-order chi connectivity index (χ0) is 20.1. The van der Waals surface area contributed by atoms with Crippen molar-refractivity contribution in [3.05, 3.63) is 71.3 Å². The molecule has 28 heavy (non-hydrogen) atoms. The molecule has 0 saturated heterocycles. The number of aromatic nitrogens is 3. The predicted octanol–water partition coefficient (Wildman–Crippen LogP) is 4.25. The summed E-state index contributed by atoms with van der Waals surface area (Å²) in [7, 11) is 0. The van der Waals surface area contributed by atoms with Gasteiger partial charge in [0, 0.05) is 12.2 Å². The van der Waals surface area contributed by atoms with Crippen molar-refractivity contribution in [3.63, 3.8) is 0 Å². The summed E-state index contributed by atoms with van der Waals surface area (Å²) in [4.78, 5) is 12.1. The highest BCUT2D eigenvalue weighted by Gasteiger charge is 2.11. The molecule has 0 aliphatic rings. The van der Waals surface area contributed by atoms with Crippen molar-refractivity contribution < 1.29 is 9.18 Å². The molecule has 5 nitrogen and oxygen atoms in total. The van der Waals surface area contributed by atoms with E-state index in [9.17, 15) is 9.18 Å². The molecule has 1 heterocycles. The Labute approximate surface area is 168 Å². The molecule has 0 aliphatic carbocycles. The molecule has 3 aromatic rings. The van der Waals surface area contributed by atoms with Crippen LogP contribution in [0.25, 0.3) is 5.69 Å². The highest BCUT2D eigenvalue weighted by molar-refractivity contribution is 7.99. The molecule has 2 aromatic carbocycles. The minimum atomic E-state index is -0.266. The third kappa shape index (κ3) is 4.98. The second-order valence-corrected chi connectivity index (χ2v) is 7.82. The fraction of sp³-hybridized carbons (Fsp3) is 0.286. The Balaban J connectivity index is 1.57. The second-order valence-electron chi connectivity index (χ2n) is 6.88. The van der Waals surface area contributed by atoms with Crippen molar-refractivity contribution in [3.8, 4) is 5.69 Å². The van der Waals surface area contributed by atoms with Crippen LogP contribution in [0.15, 0.2) is 53.9 Å². The third-order valence-electron chi connectivity index (χ3n) is 4.41. The smallest absolute Gasteiger partial charge is 0.230 e. The number of hydrogen-bond donors (Lipinski definition) is 1. The molecular weight excluding hydrogens is 375 g/mol. The molecule has 0 fully saturated rings. The van der Waals surface area contributed by atoms with E-state index in [1.54, 1.807) is 19.3 Å². The maximum absolute atomic E-state index is 13.6. The zero-order valence-corrected chi connectivity index (χ0v) is 17.0. The summed E-state index contributed by atoms with van der Waals surface area (Å²) >= 11 is 1.31. The summed E-state index contributed by atoms with van der Waals surface area (Å²) in [6.45, 7) is 6.30. The maximum Gasteiger partial charge on any atom is 0.230 e. The number of amides is 1. The Kier molecular flexibility index (Phi) is 6.46. The summed E-state index contributed by atoms with van der Waals surface area (Å²) in [5, 5.41) is 11.5. The first-order chi connectivity index (χ1) is 13.4. The average molecular weight is 399 g/mol. The van der Waals surface area contributed by atoms with Gasteiger partial charge in [0.25, 0.3) is 0 Å². The molecule has 1 N–H and O–H groups in total. The SMILES string of the molecule is Cc1ccc(CNC(=O)CSc2nncn2-c2ccc(C(C)C)cc2)cc1F. The van der Waals surface area contributed by atoms with Crippen LogP contribution in [0.3, 0.4) is 0 Å². The Hall–Kier alpha value is -2.67. The molecule has 1 amide bonds. The average Bonchev–Trinajstić information content (AvgIpc) is 3.16. The van der Waals surface area contributed by atoms with Crippen LogP contribution >= 0.6 is 11.8 Å². The number of halogens is 1. The molecule has 0 aliphatic heterocycles. The summed E-state index contributed by atoms with van der Waals surface area (Å²) in [5.74, 6) is 0.264. The van der Waals surface area contributed by atoms with Crippen LogP contribution in [0.4, 0.5) is 4.39 Å². The Morgan fingerprint density at radius 1 is 1.21 bits per heavy atom. The van der Waals surface area contributed by atoms with Crippen LogP contribution in [0.5, 0.6) is 0 Å². The van der Waals surface area contributed by atoms with E-state index in [4.69, 9.17) is 0 Å². The van der Waals surface area contributed by atoms with E-state index in [1.807, 2.05) is 22.8 Å². The largest absolute Gasteiger partial charge is 0.351 e. The topological polar surface area (TPSA) is 59.8 Å². The van der Waals surface area contributed by atoms with E-state index in [0.717, 1.165) is 11.3 Å². The van der Waals surface area contributed by atoms with Gasteiger partial charge in [-0.15, -0.1) is 10.2 Å². The van der Waals surface area contributed by atoms with Gasteiger partial charge >= 0.3 is 0 Å². The first kappa shape index (κ1) is 20.1. The maximum atomic E-state index is 13.6. The highest BCUT2D eigenvalue weighted by Crippen LogP contribution is 2.21. The highest BCUT2D eigenvalue weighted by atomic mass is 32.2. The van der Waals surface area contributed by atoms with E-state index in [-0.39, 0.29) is 17.5 Å². The van der Waals surface area contributed by atoms with Crippen LogP contribution in [-0.4, -0.2) is 26.4 Å². The van der Waals surface area contributed by atoms with E-state index in [0.29, 0.717) is 23.2 Å². The summed E-state index contributed by atoms with van der Waals surface area (Å²) in [5.41, 5.74) is 3.53. The van der Waals surface area contributed by atoms with Gasteiger partial charge in [0.1, 0.15) is 12.1 Å². The molecule has 0 atom stereocenters. The van der Waals surface area contributed by atoms with Crippen molar-refractivity contribution in [2.45, 2.75) is 38.4 Å². The van der Waals surface area contributed by atoms with Gasteiger partial charge in [-0.25, -0.2) is 4.39 Å². The number of rotatable bonds is 7. The van der Waals surface area contributed by atoms with E-state index in [1.165, 1.54) is 23.4 Å². The molecule has 3 rings (SSSR count). The van der Waals surface area contributed by atoms with Crippen molar-refractivity contribution in [2.75, 3.05) is 5.75 Å². The minimum Gasteiger partial charge on any atom is -0.351 e. The molecule has 0 spiro atoms. The lowest BCUT2D eigenvalue weighted by atomic mass is 10.0. The number of hydrogen-bond acceptors (Lipinski definition) is 4. The van der Waals surface area contributed by atoms with Gasteiger partial charge in [-0.05, 0) is 47.7 Å². The monoisotopic (exact) mass is 398 g/mol. The van der Waals surface area contributed by atoms with E-state index >= 15 is 0 Å². The summed E-state index contributed by atoms with van der Waals surface area (Å²) in [6, 6.07) is 13.2. The van der Waals surface area contributed by atoms with Gasteiger partial charge in [0.15, 0.2) is 5.16 Å². The van der Waals surface area contributed by atoms with Crippen molar-refractivity contribution >= 4 is 17.7 Å². The van der Waals surface area contributed by atoms with Crippen LogP contribution in [0.2, 0.25) is 0 Å². The molecule has 0 saturated carbocycles. The van der Waals surface area contributed by atoms with Gasteiger partial charge < -0.3 is 5.32 Å². The Morgan fingerprint density at radius 2 is 1.96 bits per heavy atom. The van der Waals surface area contributed by atoms with Gasteiger partial charge in [-0.3, -0.25) is 9.36 Å². The molecule has 1 aromatic heterocycles. The van der Waals surface area contributed by atoms with Crippen molar-refractivity contribution in [2.24, 2.45) is 0 Å². The number of benzene rings is 2. The number of nitrogens with zero attached hydrogens (tertiary/aromatic N) is 3. The third-order valence-corrected chi connectivity index (χ3v) is 5.36. The summed E-state index contributed by atoms with van der Waals surface area (Å²) in [6.07, 6.45) is 1.64. The predicted molar refractivity (Wildman–Crippen MR) is 109 cm³/mol. The van der Waals surface area contributed by atoms with Gasteiger partial charge in [-0.2, -0.15) is 0 Å². The lowest BCUT2D eigenvalue weighted by molar-refractivity contribution is -0.118. The Bertz CT molecular complexity index is 953. The van der Waals surface area contributed by atoms with E-state index in [2.05, 4.69) is 41.5 Å². The number of thioether (sulfide) groups is 1. The second kappa shape index (κ2) is 9.01. The number of aryl methyl sites for hydroxylation is 1. The molecule has 7 heteroatoms. The molecule has 0 bridgehead atoms. The lowest BCUT2D eigenvalue weighted by Crippen LogP contribution is -2.24. The molecule has 0 unspecified atom stereocenters. The van der Waals surface area contributed by atoms with Crippen LogP contribution in [0, 0.1) is 12.7 Å². The van der Waals surface area contributed by atoms with Crippen LogP contribution in [-0.2, 0) is 11.3 Å². The first-order valence-corrected chi connectivity index (χ1v) is 10.1. The minimum absolute atomic E-state index is 0.143. The zero-order valence-electron chi connectivity index (χ0n) is 16.1. The lowest BCUT2D eigenvalue weighted by Gasteiger charge is -2.09. The van der Waals surface area contributed by atoms with Crippen LogP contribution in [0.1, 0.15) is 36.5 Å². The normalized spacial score (nSPS) is 11.0. The van der Waals surface area contributed by atoms with Crippen LogP contribution < -0.4 is 5.32 Å². The first-order valence-electron chi connectivity index (χ1n) is 9.09. The van der Waals surface area contributed by atoms with Gasteiger partial charge in [0.2, 0.25) is 5.91 Å². The number of carbonyl (C=O) groups excluding carboxylic acids is 1.